The molecule has 3 rings (SSSR count). The fourth-order valence-corrected chi connectivity index (χ4v) is 2.71. The Balaban J connectivity index is 1.60. The van der Waals surface area contributed by atoms with Crippen molar-refractivity contribution in [3.63, 3.8) is 0 Å². The fraction of sp³-hybridized carbons (Fsp3) is 0.130. The largest absolute Gasteiger partial charge is 0.497 e. The van der Waals surface area contributed by atoms with E-state index >= 15 is 0 Å². The van der Waals surface area contributed by atoms with Crippen LogP contribution in [-0.4, -0.2) is 18.7 Å². The Hall–Kier alpha value is -3.40. The molecule has 0 aliphatic heterocycles. The molecule has 0 unspecified atom stereocenters. The van der Waals surface area contributed by atoms with Gasteiger partial charge in [0, 0.05) is 0 Å². The van der Waals surface area contributed by atoms with E-state index in [9.17, 15) is 4.79 Å². The topological polar surface area (TPSA) is 50.7 Å². The maximum Gasteiger partial charge on any atom is 0.244 e. The van der Waals surface area contributed by atoms with Crippen molar-refractivity contribution >= 4 is 11.6 Å². The lowest BCUT2D eigenvalue weighted by molar-refractivity contribution is -0.120. The monoisotopic (exact) mass is 358 g/mol. The van der Waals surface area contributed by atoms with Gasteiger partial charge in [0.2, 0.25) is 5.91 Å². The summed E-state index contributed by atoms with van der Waals surface area (Å²) in [6.45, 7) is 1.88. The van der Waals surface area contributed by atoms with Gasteiger partial charge in [-0.05, 0) is 41.3 Å². The van der Waals surface area contributed by atoms with Crippen LogP contribution < -0.4 is 10.2 Å². The van der Waals surface area contributed by atoms with Crippen molar-refractivity contribution in [1.82, 2.24) is 5.43 Å². The standard InChI is InChI=1S/C23H22N2O2/c1-17(19-10-12-21(13-11-19)20-6-4-3-5-7-20)24-25-23(26)16-18-8-14-22(27-2)15-9-18/h3-15H,16H2,1-2H3,(H,25,26)/b24-17+. The predicted molar refractivity (Wildman–Crippen MR) is 109 cm³/mol. The third-order valence-corrected chi connectivity index (χ3v) is 4.28. The van der Waals surface area contributed by atoms with Gasteiger partial charge in [0.15, 0.2) is 0 Å². The molecule has 0 saturated carbocycles. The summed E-state index contributed by atoms with van der Waals surface area (Å²) in [6, 6.07) is 25.8. The van der Waals surface area contributed by atoms with Crippen molar-refractivity contribution < 1.29 is 9.53 Å². The number of ether oxygens (including phenoxy) is 1. The van der Waals surface area contributed by atoms with Gasteiger partial charge >= 0.3 is 0 Å². The summed E-state index contributed by atoms with van der Waals surface area (Å²) in [7, 11) is 1.62. The van der Waals surface area contributed by atoms with Crippen LogP contribution in [0.5, 0.6) is 5.75 Å². The molecule has 0 fully saturated rings. The zero-order chi connectivity index (χ0) is 19.1. The highest BCUT2D eigenvalue weighted by Gasteiger charge is 2.04. The van der Waals surface area contributed by atoms with Crippen molar-refractivity contribution in [2.45, 2.75) is 13.3 Å². The first kappa shape index (κ1) is 18.4. The number of methoxy groups -OCH3 is 1. The summed E-state index contributed by atoms with van der Waals surface area (Å²) in [5, 5.41) is 4.22. The van der Waals surface area contributed by atoms with E-state index in [1.807, 2.05) is 61.5 Å². The Morgan fingerprint density at radius 1 is 0.889 bits per heavy atom. The van der Waals surface area contributed by atoms with Crippen LogP contribution >= 0.6 is 0 Å². The Bertz CT molecular complexity index is 915. The Morgan fingerprint density at radius 2 is 1.52 bits per heavy atom. The SMILES string of the molecule is COc1ccc(CC(=O)N/N=C(\C)c2ccc(-c3ccccc3)cc2)cc1. The number of hydrazone groups is 1. The molecule has 0 aliphatic carbocycles. The second kappa shape index (κ2) is 8.81. The normalized spacial score (nSPS) is 11.1. The highest BCUT2D eigenvalue weighted by atomic mass is 16.5. The van der Waals surface area contributed by atoms with Gasteiger partial charge in [0.1, 0.15) is 5.75 Å². The van der Waals surface area contributed by atoms with E-state index in [0.717, 1.165) is 28.2 Å². The third-order valence-electron chi connectivity index (χ3n) is 4.28. The lowest BCUT2D eigenvalue weighted by Crippen LogP contribution is -2.21. The molecule has 0 radical (unpaired) electrons. The van der Waals surface area contributed by atoms with Crippen molar-refractivity contribution in [2.75, 3.05) is 7.11 Å². The molecule has 0 atom stereocenters. The molecular formula is C23H22N2O2. The van der Waals surface area contributed by atoms with Crippen molar-refractivity contribution in [2.24, 2.45) is 5.10 Å². The minimum atomic E-state index is -0.152. The molecule has 1 amide bonds. The Labute approximate surface area is 159 Å². The maximum atomic E-state index is 12.1. The third kappa shape index (κ3) is 5.05. The molecule has 0 aliphatic rings. The summed E-state index contributed by atoms with van der Waals surface area (Å²) < 4.78 is 5.12. The molecule has 3 aromatic rings. The van der Waals surface area contributed by atoms with E-state index in [4.69, 9.17) is 4.74 Å². The number of rotatable bonds is 6. The highest BCUT2D eigenvalue weighted by Crippen LogP contribution is 2.19. The molecule has 0 aromatic heterocycles. The summed E-state index contributed by atoms with van der Waals surface area (Å²) in [5.41, 5.74) is 7.59. The predicted octanol–water partition coefficient (Wildman–Crippen LogP) is 4.45. The highest BCUT2D eigenvalue weighted by molar-refractivity contribution is 5.99. The van der Waals surface area contributed by atoms with E-state index in [2.05, 4.69) is 34.8 Å². The molecule has 4 heteroatoms. The molecular weight excluding hydrogens is 336 g/mol. The van der Waals surface area contributed by atoms with Gasteiger partial charge in [0.25, 0.3) is 0 Å². The molecule has 3 aromatic carbocycles. The molecule has 0 spiro atoms. The van der Waals surface area contributed by atoms with Gasteiger partial charge < -0.3 is 4.74 Å². The Morgan fingerprint density at radius 3 is 2.15 bits per heavy atom. The number of amides is 1. The van der Waals surface area contributed by atoms with Gasteiger partial charge in [0.05, 0.1) is 19.2 Å². The number of hydrogen-bond acceptors (Lipinski definition) is 3. The maximum absolute atomic E-state index is 12.1. The Kier molecular flexibility index (Phi) is 6.00. The zero-order valence-electron chi connectivity index (χ0n) is 15.5. The lowest BCUT2D eigenvalue weighted by atomic mass is 10.0. The zero-order valence-corrected chi connectivity index (χ0v) is 15.5. The van der Waals surface area contributed by atoms with E-state index in [1.165, 1.54) is 5.56 Å². The van der Waals surface area contributed by atoms with Gasteiger partial charge in [-0.25, -0.2) is 5.43 Å². The van der Waals surface area contributed by atoms with Crippen LogP contribution in [0.4, 0.5) is 0 Å². The van der Waals surface area contributed by atoms with Crippen LogP contribution in [0.15, 0.2) is 84.0 Å². The number of carbonyl (C=O) groups is 1. The van der Waals surface area contributed by atoms with Crippen LogP contribution in [0.3, 0.4) is 0 Å². The van der Waals surface area contributed by atoms with Gasteiger partial charge in [-0.1, -0.05) is 66.7 Å². The summed E-state index contributed by atoms with van der Waals surface area (Å²) in [4.78, 5) is 12.1. The van der Waals surface area contributed by atoms with Gasteiger partial charge in [-0.2, -0.15) is 5.10 Å². The van der Waals surface area contributed by atoms with Crippen molar-refractivity contribution in [1.29, 1.82) is 0 Å². The van der Waals surface area contributed by atoms with Crippen LogP contribution in [-0.2, 0) is 11.2 Å². The summed E-state index contributed by atoms with van der Waals surface area (Å²) in [6.07, 6.45) is 0.272. The second-order valence-corrected chi connectivity index (χ2v) is 6.20. The van der Waals surface area contributed by atoms with E-state index in [1.54, 1.807) is 7.11 Å². The average molecular weight is 358 g/mol. The van der Waals surface area contributed by atoms with Crippen LogP contribution in [0, 0.1) is 0 Å². The number of nitrogens with zero attached hydrogens (tertiary/aromatic N) is 1. The number of nitrogens with one attached hydrogen (secondary N) is 1. The minimum Gasteiger partial charge on any atom is -0.497 e. The fourth-order valence-electron chi connectivity index (χ4n) is 2.71. The minimum absolute atomic E-state index is 0.152. The van der Waals surface area contributed by atoms with Crippen molar-refractivity contribution in [3.8, 4) is 16.9 Å². The first-order valence-electron chi connectivity index (χ1n) is 8.77. The smallest absolute Gasteiger partial charge is 0.244 e. The molecule has 0 bridgehead atoms. The molecule has 0 saturated heterocycles. The lowest BCUT2D eigenvalue weighted by Gasteiger charge is -2.06. The quantitative estimate of drug-likeness (QED) is 0.523. The first-order valence-corrected chi connectivity index (χ1v) is 8.77. The number of benzene rings is 3. The van der Waals surface area contributed by atoms with Gasteiger partial charge in [-0.15, -0.1) is 0 Å². The van der Waals surface area contributed by atoms with E-state index in [0.29, 0.717) is 0 Å². The summed E-state index contributed by atoms with van der Waals surface area (Å²) in [5.74, 6) is 0.618. The number of carbonyl (C=O) groups excluding carboxylic acids is 1. The molecule has 136 valence electrons. The van der Waals surface area contributed by atoms with Crippen molar-refractivity contribution in [3.05, 3.63) is 90.0 Å². The first-order chi connectivity index (χ1) is 13.2. The average Bonchev–Trinajstić information content (AvgIpc) is 2.73. The molecule has 27 heavy (non-hydrogen) atoms. The molecule has 0 heterocycles. The van der Waals surface area contributed by atoms with Gasteiger partial charge in [-0.3, -0.25) is 4.79 Å². The van der Waals surface area contributed by atoms with Crippen LogP contribution in [0.25, 0.3) is 11.1 Å². The van der Waals surface area contributed by atoms with E-state index < -0.39 is 0 Å². The molecule has 4 nitrogen and oxygen atoms in total. The summed E-state index contributed by atoms with van der Waals surface area (Å²) >= 11 is 0. The number of hydrogen-bond donors (Lipinski definition) is 1. The van der Waals surface area contributed by atoms with E-state index in [-0.39, 0.29) is 12.3 Å². The molecule has 1 N–H and O–H groups in total. The second-order valence-electron chi connectivity index (χ2n) is 6.20. The van der Waals surface area contributed by atoms with Crippen LogP contribution in [0.1, 0.15) is 18.1 Å². The van der Waals surface area contributed by atoms with Crippen LogP contribution in [0.2, 0.25) is 0 Å².